The number of nitrogens with zero attached hydrogens (tertiary/aromatic N) is 1. The van der Waals surface area contributed by atoms with Gasteiger partial charge in [0.2, 0.25) is 5.91 Å². The fourth-order valence-electron chi connectivity index (χ4n) is 2.88. The van der Waals surface area contributed by atoms with Gasteiger partial charge in [-0.3, -0.25) is 4.79 Å². The lowest BCUT2D eigenvalue weighted by Gasteiger charge is -2.24. The minimum Gasteiger partial charge on any atom is -0.550 e. The summed E-state index contributed by atoms with van der Waals surface area (Å²) >= 11 is 0. The van der Waals surface area contributed by atoms with Crippen LogP contribution in [0.15, 0.2) is 24.3 Å². The number of anilines is 1. The lowest BCUT2D eigenvalue weighted by atomic mass is 10.1. The number of halogens is 1. The van der Waals surface area contributed by atoms with E-state index in [1.54, 1.807) is 20.8 Å². The van der Waals surface area contributed by atoms with Crippen LogP contribution in [0.3, 0.4) is 0 Å². The van der Waals surface area contributed by atoms with Crippen LogP contribution in [0, 0.1) is 19.7 Å². The van der Waals surface area contributed by atoms with Crippen LogP contribution in [-0.2, 0) is 20.9 Å². The second-order valence-corrected chi connectivity index (χ2v) is 6.28. The zero-order valence-corrected chi connectivity index (χ0v) is 16.0. The van der Waals surface area contributed by atoms with Gasteiger partial charge < -0.3 is 24.5 Å². The Morgan fingerprint density at radius 2 is 1.79 bits per heavy atom. The zero-order valence-electron chi connectivity index (χ0n) is 16.0. The largest absolute Gasteiger partial charge is 0.550 e. The quantitative estimate of drug-likeness (QED) is 0.696. The van der Waals surface area contributed by atoms with Crippen molar-refractivity contribution in [1.29, 1.82) is 0 Å². The predicted octanol–water partition coefficient (Wildman–Crippen LogP) is 2.01. The second-order valence-electron chi connectivity index (χ2n) is 6.28. The van der Waals surface area contributed by atoms with Gasteiger partial charge in [-0.15, -0.1) is 0 Å². The summed E-state index contributed by atoms with van der Waals surface area (Å²) in [6.45, 7) is 5.52. The SMILES string of the molecule is CCOC(=O)c1[nH]c(C)c(CN(C(=O)CCC(=O)[O-])c2ccc(F)cc2)c1C. The van der Waals surface area contributed by atoms with Crippen molar-refractivity contribution in [2.24, 2.45) is 0 Å². The maximum atomic E-state index is 13.3. The number of aryl methyl sites for hydroxylation is 1. The molecule has 0 aliphatic heterocycles. The van der Waals surface area contributed by atoms with Gasteiger partial charge in [0, 0.05) is 23.8 Å². The lowest BCUT2D eigenvalue weighted by Crippen LogP contribution is -2.32. The highest BCUT2D eigenvalue weighted by atomic mass is 19.1. The number of benzene rings is 1. The number of ether oxygens (including phenoxy) is 1. The Hall–Kier alpha value is -3.16. The van der Waals surface area contributed by atoms with Crippen molar-refractivity contribution in [2.45, 2.75) is 40.2 Å². The molecule has 0 radical (unpaired) electrons. The van der Waals surface area contributed by atoms with Crippen molar-refractivity contribution >= 4 is 23.5 Å². The molecular weight excluding hydrogens is 367 g/mol. The molecule has 150 valence electrons. The van der Waals surface area contributed by atoms with Crippen molar-refractivity contribution in [3.8, 4) is 0 Å². The topological polar surface area (TPSA) is 103 Å². The average Bonchev–Trinajstić information content (AvgIpc) is 2.93. The van der Waals surface area contributed by atoms with Crippen molar-refractivity contribution in [3.05, 3.63) is 52.6 Å². The van der Waals surface area contributed by atoms with E-state index in [-0.39, 0.29) is 19.6 Å². The van der Waals surface area contributed by atoms with Gasteiger partial charge in [-0.2, -0.15) is 0 Å². The van der Waals surface area contributed by atoms with E-state index >= 15 is 0 Å². The summed E-state index contributed by atoms with van der Waals surface area (Å²) in [7, 11) is 0. The van der Waals surface area contributed by atoms with Crippen LogP contribution < -0.4 is 10.0 Å². The second kappa shape index (κ2) is 9.16. The zero-order chi connectivity index (χ0) is 20.8. The van der Waals surface area contributed by atoms with Crippen LogP contribution in [-0.4, -0.2) is 29.4 Å². The number of aromatic nitrogens is 1. The number of aromatic amines is 1. The van der Waals surface area contributed by atoms with E-state index < -0.39 is 30.1 Å². The average molecular weight is 389 g/mol. The summed E-state index contributed by atoms with van der Waals surface area (Å²) in [5, 5.41) is 10.7. The summed E-state index contributed by atoms with van der Waals surface area (Å²) in [5.74, 6) is -2.73. The molecule has 0 spiro atoms. The van der Waals surface area contributed by atoms with Gasteiger partial charge in [-0.1, -0.05) is 0 Å². The maximum Gasteiger partial charge on any atom is 0.355 e. The highest BCUT2D eigenvalue weighted by molar-refractivity contribution is 5.95. The third-order valence-corrected chi connectivity index (χ3v) is 4.37. The minimum absolute atomic E-state index is 0.0884. The van der Waals surface area contributed by atoms with E-state index in [0.717, 1.165) is 0 Å². The molecule has 1 amide bonds. The van der Waals surface area contributed by atoms with Crippen molar-refractivity contribution in [1.82, 2.24) is 4.98 Å². The summed E-state index contributed by atoms with van der Waals surface area (Å²) in [5.41, 5.74) is 2.74. The molecule has 0 saturated carbocycles. The lowest BCUT2D eigenvalue weighted by molar-refractivity contribution is -0.305. The number of amides is 1. The molecule has 0 saturated heterocycles. The van der Waals surface area contributed by atoms with E-state index in [0.29, 0.717) is 28.2 Å². The smallest absolute Gasteiger partial charge is 0.355 e. The number of aliphatic carboxylic acids is 1. The van der Waals surface area contributed by atoms with E-state index in [2.05, 4.69) is 4.98 Å². The Bertz CT molecular complexity index is 873. The molecule has 2 rings (SSSR count). The number of carboxylic acid groups (broad SMARTS) is 1. The standard InChI is InChI=1S/C20H23FN2O5/c1-4-28-20(27)19-12(2)16(13(3)22-19)11-23(17(24)9-10-18(25)26)15-7-5-14(21)6-8-15/h5-8,22H,4,9-11H2,1-3H3,(H,25,26)/p-1. The number of nitrogens with one attached hydrogen (secondary N) is 1. The van der Waals surface area contributed by atoms with Crippen LogP contribution in [0.4, 0.5) is 10.1 Å². The molecule has 28 heavy (non-hydrogen) atoms. The van der Waals surface area contributed by atoms with Crippen LogP contribution in [0.5, 0.6) is 0 Å². The third kappa shape index (κ3) is 4.97. The van der Waals surface area contributed by atoms with E-state index in [9.17, 15) is 23.9 Å². The van der Waals surface area contributed by atoms with Gasteiger partial charge in [-0.05, 0) is 62.6 Å². The molecule has 8 heteroatoms. The Morgan fingerprint density at radius 3 is 2.36 bits per heavy atom. The Balaban J connectivity index is 2.37. The number of esters is 1. The molecule has 0 aliphatic rings. The van der Waals surface area contributed by atoms with Gasteiger partial charge in [0.05, 0.1) is 13.2 Å². The van der Waals surface area contributed by atoms with Crippen LogP contribution in [0.1, 0.15) is 47.1 Å². The van der Waals surface area contributed by atoms with Gasteiger partial charge in [0.1, 0.15) is 11.5 Å². The summed E-state index contributed by atoms with van der Waals surface area (Å²) < 4.78 is 18.3. The van der Waals surface area contributed by atoms with Crippen molar-refractivity contribution < 1.29 is 28.6 Å². The number of carbonyl (C=O) groups is 3. The molecular formula is C20H22FN2O5-. The number of hydrogen-bond donors (Lipinski definition) is 1. The van der Waals surface area contributed by atoms with Gasteiger partial charge >= 0.3 is 5.97 Å². The first kappa shape index (κ1) is 21.1. The van der Waals surface area contributed by atoms with E-state index in [4.69, 9.17) is 4.74 Å². The molecule has 1 heterocycles. The fraction of sp³-hybridized carbons (Fsp3) is 0.350. The monoisotopic (exact) mass is 389 g/mol. The highest BCUT2D eigenvalue weighted by Gasteiger charge is 2.23. The third-order valence-electron chi connectivity index (χ3n) is 4.37. The minimum atomic E-state index is -1.33. The Labute approximate surface area is 162 Å². The molecule has 0 bridgehead atoms. The number of carbonyl (C=O) groups excluding carboxylic acids is 3. The molecule has 0 fully saturated rings. The Morgan fingerprint density at radius 1 is 1.14 bits per heavy atom. The van der Waals surface area contributed by atoms with Crippen LogP contribution in [0.25, 0.3) is 0 Å². The molecule has 0 aliphatic carbocycles. The predicted molar refractivity (Wildman–Crippen MR) is 98.1 cm³/mol. The summed E-state index contributed by atoms with van der Waals surface area (Å²) in [4.78, 5) is 39.8. The normalized spacial score (nSPS) is 10.6. The Kier molecular flexibility index (Phi) is 6.92. The van der Waals surface area contributed by atoms with E-state index in [1.807, 2.05) is 0 Å². The van der Waals surface area contributed by atoms with Crippen molar-refractivity contribution in [2.75, 3.05) is 11.5 Å². The summed E-state index contributed by atoms with van der Waals surface area (Å²) in [6.07, 6.45) is -0.678. The van der Waals surface area contributed by atoms with E-state index in [1.165, 1.54) is 29.2 Å². The first-order valence-corrected chi connectivity index (χ1v) is 8.85. The number of H-pyrrole nitrogens is 1. The maximum absolute atomic E-state index is 13.3. The molecule has 1 aromatic carbocycles. The fourth-order valence-corrected chi connectivity index (χ4v) is 2.88. The first-order chi connectivity index (χ1) is 13.2. The number of rotatable bonds is 8. The highest BCUT2D eigenvalue weighted by Crippen LogP contribution is 2.25. The summed E-state index contributed by atoms with van der Waals surface area (Å²) in [6, 6.07) is 5.32. The number of carboxylic acids is 1. The van der Waals surface area contributed by atoms with Crippen molar-refractivity contribution in [3.63, 3.8) is 0 Å². The molecule has 2 aromatic rings. The first-order valence-electron chi connectivity index (χ1n) is 8.85. The van der Waals surface area contributed by atoms with Gasteiger partial charge in [0.25, 0.3) is 0 Å². The van der Waals surface area contributed by atoms with Crippen LogP contribution in [0.2, 0.25) is 0 Å². The molecule has 7 nitrogen and oxygen atoms in total. The van der Waals surface area contributed by atoms with Gasteiger partial charge in [0.15, 0.2) is 0 Å². The van der Waals surface area contributed by atoms with Gasteiger partial charge in [-0.25, -0.2) is 9.18 Å². The molecule has 0 atom stereocenters. The molecule has 1 N–H and O–H groups in total. The van der Waals surface area contributed by atoms with Crippen LogP contribution >= 0.6 is 0 Å². The molecule has 1 aromatic heterocycles. The molecule has 0 unspecified atom stereocenters. The number of hydrogen-bond acceptors (Lipinski definition) is 5.